The Morgan fingerprint density at radius 2 is 1.50 bits per heavy atom. The minimum Gasteiger partial charge on any atom is -0.301 e. The maximum atomic E-state index is 12.9. The van der Waals surface area contributed by atoms with Crippen LogP contribution in [0.25, 0.3) is 0 Å². The van der Waals surface area contributed by atoms with Gasteiger partial charge in [-0.1, -0.05) is 61.5 Å². The van der Waals surface area contributed by atoms with Crippen molar-refractivity contribution in [3.05, 3.63) is 71.3 Å². The first kappa shape index (κ1) is 27.9. The first-order valence-electron chi connectivity index (χ1n) is 12.5. The molecule has 2 nitrogen and oxygen atoms in total. The summed E-state index contributed by atoms with van der Waals surface area (Å²) >= 11 is 0. The van der Waals surface area contributed by atoms with Gasteiger partial charge in [0.25, 0.3) is 0 Å². The Morgan fingerprint density at radius 1 is 0.941 bits per heavy atom. The monoisotopic (exact) mass is 472 g/mol. The van der Waals surface area contributed by atoms with Gasteiger partial charge in [-0.2, -0.15) is 18.4 Å². The Morgan fingerprint density at radius 3 is 2.03 bits per heavy atom. The summed E-state index contributed by atoms with van der Waals surface area (Å²) in [5, 5.41) is 7.32. The topological polar surface area (TPSA) is 27.0 Å². The number of alkyl halides is 3. The van der Waals surface area contributed by atoms with Crippen LogP contribution in [0.1, 0.15) is 75.5 Å². The Bertz CT molecular complexity index is 848. The van der Waals surface area contributed by atoms with Crippen molar-refractivity contribution in [2.75, 3.05) is 13.1 Å². The summed E-state index contributed by atoms with van der Waals surface area (Å²) in [6, 6.07) is 21.5. The molecule has 0 radical (unpaired) electrons. The van der Waals surface area contributed by atoms with Crippen molar-refractivity contribution in [2.24, 2.45) is 5.92 Å². The molecule has 0 bridgehead atoms. The van der Waals surface area contributed by atoms with Crippen molar-refractivity contribution in [1.82, 2.24) is 4.90 Å². The van der Waals surface area contributed by atoms with Gasteiger partial charge in [0.2, 0.25) is 0 Å². The van der Waals surface area contributed by atoms with Gasteiger partial charge >= 0.3 is 6.18 Å². The number of rotatable bonds is 9. The van der Waals surface area contributed by atoms with Crippen LogP contribution in [-0.4, -0.2) is 30.2 Å². The molecule has 1 unspecified atom stereocenters. The van der Waals surface area contributed by atoms with Crippen molar-refractivity contribution >= 4 is 0 Å². The molecule has 1 atom stereocenters. The second kappa shape index (κ2) is 14.2. The van der Waals surface area contributed by atoms with Crippen LogP contribution in [0.3, 0.4) is 0 Å². The van der Waals surface area contributed by atoms with E-state index in [9.17, 15) is 13.2 Å². The molecule has 3 rings (SSSR count). The van der Waals surface area contributed by atoms with Gasteiger partial charge in [-0.05, 0) is 81.0 Å². The average molecular weight is 473 g/mol. The molecule has 0 aliphatic heterocycles. The maximum Gasteiger partial charge on any atom is 0.391 e. The van der Waals surface area contributed by atoms with Crippen molar-refractivity contribution in [3.8, 4) is 6.07 Å². The second-order valence-corrected chi connectivity index (χ2v) is 9.31. The molecule has 1 aliphatic carbocycles. The zero-order chi connectivity index (χ0) is 25.0. The van der Waals surface area contributed by atoms with Crippen LogP contribution in [0, 0.1) is 17.2 Å². The summed E-state index contributed by atoms with van der Waals surface area (Å²) in [5.41, 5.74) is 3.90. The fraction of sp³-hybridized carbons (Fsp3) is 0.552. The van der Waals surface area contributed by atoms with E-state index in [0.717, 1.165) is 32.4 Å². The molecule has 186 valence electrons. The van der Waals surface area contributed by atoms with Crippen molar-refractivity contribution in [3.63, 3.8) is 0 Å². The van der Waals surface area contributed by atoms with Gasteiger partial charge in [0.15, 0.2) is 0 Å². The predicted molar refractivity (Wildman–Crippen MR) is 134 cm³/mol. The van der Waals surface area contributed by atoms with E-state index in [1.165, 1.54) is 23.6 Å². The summed E-state index contributed by atoms with van der Waals surface area (Å²) in [4.78, 5) is 2.54. The molecule has 0 amide bonds. The lowest BCUT2D eigenvalue weighted by Gasteiger charge is -2.30. The van der Waals surface area contributed by atoms with Gasteiger partial charge in [0.1, 0.15) is 0 Å². The second-order valence-electron chi connectivity index (χ2n) is 9.31. The molecule has 2 aromatic carbocycles. The Labute approximate surface area is 203 Å². The van der Waals surface area contributed by atoms with Gasteiger partial charge in [-0.15, -0.1) is 0 Å². The zero-order valence-corrected chi connectivity index (χ0v) is 20.8. The van der Waals surface area contributed by atoms with Crippen molar-refractivity contribution in [2.45, 2.75) is 83.9 Å². The molecule has 1 fully saturated rings. The molecule has 34 heavy (non-hydrogen) atoms. The molecule has 2 aromatic rings. The van der Waals surface area contributed by atoms with E-state index in [-0.39, 0.29) is 18.8 Å². The minimum absolute atomic E-state index is 0.267. The fourth-order valence-electron chi connectivity index (χ4n) is 4.88. The van der Waals surface area contributed by atoms with E-state index in [1.807, 2.05) is 0 Å². The van der Waals surface area contributed by atoms with E-state index in [2.05, 4.69) is 73.3 Å². The summed E-state index contributed by atoms with van der Waals surface area (Å²) in [6.45, 7) is 8.08. The maximum absolute atomic E-state index is 12.9. The molecule has 0 aromatic heterocycles. The van der Waals surface area contributed by atoms with E-state index in [4.69, 9.17) is 5.26 Å². The lowest BCUT2D eigenvalue weighted by molar-refractivity contribution is -0.182. The Hall–Kier alpha value is -2.32. The van der Waals surface area contributed by atoms with Crippen LogP contribution < -0.4 is 0 Å². The number of likely N-dealkylation sites (N-methyl/N-ethyl adjacent to an activating group) is 1. The molecule has 1 aliphatic rings. The largest absolute Gasteiger partial charge is 0.391 e. The third-order valence-corrected chi connectivity index (χ3v) is 7.05. The zero-order valence-electron chi connectivity index (χ0n) is 20.8. The highest BCUT2D eigenvalue weighted by Gasteiger charge is 2.41. The number of hydrogen-bond donors (Lipinski definition) is 0. The standard InChI is InChI=1S/C27H36F3N.C2H3N/c1-3-31(20-19-22-7-5-4-6-8-22)21(2)9-10-23-11-13-24(14-12-23)25-15-17-26(18-16-25)27(28,29)30;1-2-3/h4-8,11-14,21,25-26H,3,9-10,15-20H2,1-2H3;1H3. The van der Waals surface area contributed by atoms with Crippen LogP contribution >= 0.6 is 0 Å². The van der Waals surface area contributed by atoms with Gasteiger partial charge < -0.3 is 4.90 Å². The fourth-order valence-corrected chi connectivity index (χ4v) is 4.88. The number of nitrogens with zero attached hydrogens (tertiary/aromatic N) is 2. The predicted octanol–water partition coefficient (Wildman–Crippen LogP) is 7.94. The summed E-state index contributed by atoms with van der Waals surface area (Å²) < 4.78 is 38.7. The van der Waals surface area contributed by atoms with Crippen molar-refractivity contribution in [1.29, 1.82) is 5.26 Å². The third kappa shape index (κ3) is 9.14. The summed E-state index contributed by atoms with van der Waals surface area (Å²) in [6.07, 6.45) is 1.01. The SMILES string of the molecule is CC#N.CCN(CCc1ccccc1)C(C)CCc1ccc(C2CCC(C(F)(F)F)CC2)cc1. The lowest BCUT2D eigenvalue weighted by atomic mass is 9.78. The number of hydrogen-bond acceptors (Lipinski definition) is 2. The van der Waals surface area contributed by atoms with E-state index >= 15 is 0 Å². The molecule has 0 spiro atoms. The van der Waals surface area contributed by atoms with Crippen molar-refractivity contribution < 1.29 is 13.2 Å². The number of nitriles is 1. The Kier molecular flexibility index (Phi) is 11.6. The molecule has 5 heteroatoms. The number of halogens is 3. The molecular formula is C29H39F3N2. The Balaban J connectivity index is 0.00000129. The molecule has 1 saturated carbocycles. The van der Waals surface area contributed by atoms with E-state index in [0.29, 0.717) is 18.9 Å². The highest BCUT2D eigenvalue weighted by Crippen LogP contribution is 2.42. The van der Waals surface area contributed by atoms with Crippen LogP contribution in [0.4, 0.5) is 13.2 Å². The van der Waals surface area contributed by atoms with Gasteiger partial charge in [0, 0.05) is 19.5 Å². The highest BCUT2D eigenvalue weighted by molar-refractivity contribution is 5.26. The molecule has 0 N–H and O–H groups in total. The summed E-state index contributed by atoms with van der Waals surface area (Å²) in [7, 11) is 0. The normalized spacial score (nSPS) is 19.1. The van der Waals surface area contributed by atoms with Gasteiger partial charge in [-0.25, -0.2) is 0 Å². The van der Waals surface area contributed by atoms with Crippen LogP contribution in [0.2, 0.25) is 0 Å². The lowest BCUT2D eigenvalue weighted by Crippen LogP contribution is -2.35. The highest BCUT2D eigenvalue weighted by atomic mass is 19.4. The number of aryl methyl sites for hydroxylation is 1. The van der Waals surface area contributed by atoms with Gasteiger partial charge in [-0.3, -0.25) is 0 Å². The van der Waals surface area contributed by atoms with Gasteiger partial charge in [0.05, 0.1) is 12.0 Å². The quantitative estimate of drug-likeness (QED) is 0.370. The van der Waals surface area contributed by atoms with E-state index in [1.54, 1.807) is 6.07 Å². The summed E-state index contributed by atoms with van der Waals surface area (Å²) in [5.74, 6) is -0.826. The molecule has 0 heterocycles. The number of benzene rings is 2. The minimum atomic E-state index is -4.03. The van der Waals surface area contributed by atoms with Crippen LogP contribution in [0.15, 0.2) is 54.6 Å². The average Bonchev–Trinajstić information content (AvgIpc) is 2.84. The van der Waals surface area contributed by atoms with E-state index < -0.39 is 12.1 Å². The first-order valence-corrected chi connectivity index (χ1v) is 12.5. The molecular weight excluding hydrogens is 433 g/mol. The third-order valence-electron chi connectivity index (χ3n) is 7.05. The smallest absolute Gasteiger partial charge is 0.301 e. The first-order chi connectivity index (χ1) is 16.3. The molecule has 0 saturated heterocycles. The van der Waals surface area contributed by atoms with Crippen LogP contribution in [-0.2, 0) is 12.8 Å². The van der Waals surface area contributed by atoms with Crippen LogP contribution in [0.5, 0.6) is 0 Å².